The third-order valence-electron chi connectivity index (χ3n) is 3.76. The average molecular weight is 416 g/mol. The summed E-state index contributed by atoms with van der Waals surface area (Å²) in [5.74, 6) is -0.176. The van der Waals surface area contributed by atoms with Crippen LogP contribution in [0.25, 0.3) is 0 Å². The molecule has 0 aliphatic carbocycles. The smallest absolute Gasteiger partial charge is 0.250 e. The van der Waals surface area contributed by atoms with Gasteiger partial charge in [-0.05, 0) is 44.5 Å². The lowest BCUT2D eigenvalue weighted by atomic mass is 10.0. The van der Waals surface area contributed by atoms with Crippen molar-refractivity contribution in [3.8, 4) is 0 Å². The zero-order valence-electron chi connectivity index (χ0n) is 13.5. The van der Waals surface area contributed by atoms with Gasteiger partial charge in [-0.1, -0.05) is 18.5 Å². The number of nitrogens with one attached hydrogen (secondary N) is 2. The summed E-state index contributed by atoms with van der Waals surface area (Å²) in [6, 6.07) is 3.15. The fraction of sp³-hybridized carbons (Fsp3) is 0.643. The molecular formula is C14H23Cl2N3O3S2. The summed E-state index contributed by atoms with van der Waals surface area (Å²) >= 11 is 6.74. The Labute approximate surface area is 158 Å². The van der Waals surface area contributed by atoms with Gasteiger partial charge in [0, 0.05) is 12.6 Å². The predicted octanol–water partition coefficient (Wildman–Crippen LogP) is 2.09. The van der Waals surface area contributed by atoms with Crippen LogP contribution in [0.15, 0.2) is 16.3 Å². The minimum absolute atomic E-state index is 0. The zero-order valence-corrected chi connectivity index (χ0v) is 16.7. The second-order valence-corrected chi connectivity index (χ2v) is 9.16. The number of carbonyl (C=O) groups excluding carboxylic acids is 1. The molecule has 0 saturated carbocycles. The molecule has 1 saturated heterocycles. The third kappa shape index (κ3) is 5.86. The van der Waals surface area contributed by atoms with Crippen molar-refractivity contribution in [1.29, 1.82) is 0 Å². The molecule has 1 fully saturated rings. The van der Waals surface area contributed by atoms with Crippen molar-refractivity contribution in [2.75, 3.05) is 26.2 Å². The number of amides is 1. The molecule has 0 aromatic carbocycles. The molecule has 2 N–H and O–H groups in total. The maximum absolute atomic E-state index is 12.5. The molecule has 2 rings (SSSR count). The Morgan fingerprint density at radius 2 is 2.08 bits per heavy atom. The standard InChI is InChI=1S/C14H22ClN3O3S2.ClH/c1-2-9-18(11-5-7-16-8-6-11)13(19)10-17-23(20,21)14-4-3-12(15)22-14;/h3-4,11,16-17H,2,5-10H2,1H3;1H. The second kappa shape index (κ2) is 9.94. The Morgan fingerprint density at radius 3 is 2.62 bits per heavy atom. The number of carbonyl (C=O) groups is 1. The van der Waals surface area contributed by atoms with Crippen LogP contribution in [0.1, 0.15) is 26.2 Å². The van der Waals surface area contributed by atoms with E-state index in [0.717, 1.165) is 43.7 Å². The van der Waals surface area contributed by atoms with Gasteiger partial charge >= 0.3 is 0 Å². The Morgan fingerprint density at radius 1 is 1.42 bits per heavy atom. The van der Waals surface area contributed by atoms with Crippen LogP contribution in [0.5, 0.6) is 0 Å². The Balaban J connectivity index is 0.00000288. The van der Waals surface area contributed by atoms with Gasteiger partial charge in [-0.25, -0.2) is 13.1 Å². The van der Waals surface area contributed by atoms with E-state index < -0.39 is 10.0 Å². The van der Waals surface area contributed by atoms with Crippen molar-refractivity contribution in [1.82, 2.24) is 14.9 Å². The minimum atomic E-state index is -3.69. The largest absolute Gasteiger partial charge is 0.338 e. The highest BCUT2D eigenvalue weighted by Gasteiger charge is 2.26. The number of hydrogen-bond donors (Lipinski definition) is 2. The van der Waals surface area contributed by atoms with E-state index in [4.69, 9.17) is 11.6 Å². The van der Waals surface area contributed by atoms with E-state index in [0.29, 0.717) is 10.9 Å². The van der Waals surface area contributed by atoms with E-state index in [1.54, 1.807) is 0 Å². The third-order valence-corrected chi connectivity index (χ3v) is 6.89. The summed E-state index contributed by atoms with van der Waals surface area (Å²) in [4.78, 5) is 14.3. The molecule has 1 amide bonds. The molecule has 24 heavy (non-hydrogen) atoms. The lowest BCUT2D eigenvalue weighted by Crippen LogP contribution is -2.49. The molecule has 2 heterocycles. The van der Waals surface area contributed by atoms with Gasteiger partial charge in [-0.2, -0.15) is 0 Å². The molecule has 6 nitrogen and oxygen atoms in total. The van der Waals surface area contributed by atoms with Crippen LogP contribution in [0, 0.1) is 0 Å². The number of piperidine rings is 1. The Hall–Kier alpha value is -0.380. The van der Waals surface area contributed by atoms with E-state index in [2.05, 4.69) is 10.0 Å². The average Bonchev–Trinajstić information content (AvgIpc) is 2.99. The van der Waals surface area contributed by atoms with Gasteiger partial charge in [0.2, 0.25) is 5.91 Å². The number of sulfonamides is 1. The van der Waals surface area contributed by atoms with Crippen LogP contribution < -0.4 is 10.0 Å². The molecule has 0 unspecified atom stereocenters. The van der Waals surface area contributed by atoms with Gasteiger partial charge in [0.25, 0.3) is 10.0 Å². The second-order valence-electron chi connectivity index (χ2n) is 5.45. The molecule has 0 atom stereocenters. The van der Waals surface area contributed by atoms with Gasteiger partial charge < -0.3 is 10.2 Å². The fourth-order valence-electron chi connectivity index (χ4n) is 2.64. The topological polar surface area (TPSA) is 78.5 Å². The highest BCUT2D eigenvalue weighted by Crippen LogP contribution is 2.25. The minimum Gasteiger partial charge on any atom is -0.338 e. The highest BCUT2D eigenvalue weighted by molar-refractivity contribution is 7.91. The summed E-state index contributed by atoms with van der Waals surface area (Å²) in [6.45, 7) is 4.21. The summed E-state index contributed by atoms with van der Waals surface area (Å²) < 4.78 is 27.2. The summed E-state index contributed by atoms with van der Waals surface area (Å²) in [7, 11) is -3.69. The summed E-state index contributed by atoms with van der Waals surface area (Å²) in [5.41, 5.74) is 0. The van der Waals surface area contributed by atoms with Crippen molar-refractivity contribution >= 4 is 51.3 Å². The Bertz CT molecular complexity index is 631. The number of hydrogen-bond acceptors (Lipinski definition) is 5. The van der Waals surface area contributed by atoms with Crippen molar-refractivity contribution < 1.29 is 13.2 Å². The lowest BCUT2D eigenvalue weighted by Gasteiger charge is -2.34. The molecule has 0 spiro atoms. The lowest BCUT2D eigenvalue weighted by molar-refractivity contribution is -0.132. The molecule has 1 aromatic rings. The van der Waals surface area contributed by atoms with Crippen LogP contribution in [0.2, 0.25) is 4.34 Å². The first-order valence-electron chi connectivity index (χ1n) is 7.69. The maximum atomic E-state index is 12.5. The molecule has 1 aliphatic rings. The normalized spacial score (nSPS) is 15.8. The van der Waals surface area contributed by atoms with Crippen LogP contribution in [-0.4, -0.2) is 51.4 Å². The van der Waals surface area contributed by atoms with E-state index in [1.807, 2.05) is 11.8 Å². The number of thiophene rings is 1. The number of nitrogens with zero attached hydrogens (tertiary/aromatic N) is 1. The van der Waals surface area contributed by atoms with Gasteiger partial charge in [0.15, 0.2) is 0 Å². The molecule has 10 heteroatoms. The molecular weight excluding hydrogens is 393 g/mol. The summed E-state index contributed by atoms with van der Waals surface area (Å²) in [5, 5.41) is 3.27. The first-order valence-corrected chi connectivity index (χ1v) is 10.4. The van der Waals surface area contributed by atoms with Gasteiger partial charge in [0.1, 0.15) is 4.21 Å². The van der Waals surface area contributed by atoms with E-state index in [-0.39, 0.29) is 35.1 Å². The van der Waals surface area contributed by atoms with Gasteiger partial charge in [-0.3, -0.25) is 4.79 Å². The Kier molecular flexibility index (Phi) is 8.97. The molecule has 0 bridgehead atoms. The van der Waals surface area contributed by atoms with Gasteiger partial charge in [-0.15, -0.1) is 23.7 Å². The summed E-state index contributed by atoms with van der Waals surface area (Å²) in [6.07, 6.45) is 2.65. The number of rotatable bonds is 7. The van der Waals surface area contributed by atoms with Crippen molar-refractivity contribution in [2.45, 2.75) is 36.4 Å². The molecule has 1 aromatic heterocycles. The van der Waals surface area contributed by atoms with Crippen molar-refractivity contribution in [3.63, 3.8) is 0 Å². The fourth-order valence-corrected chi connectivity index (χ4v) is 5.14. The monoisotopic (exact) mass is 415 g/mol. The SMILES string of the molecule is CCCN(C(=O)CNS(=O)(=O)c1ccc(Cl)s1)C1CCNCC1.Cl. The van der Waals surface area contributed by atoms with Crippen molar-refractivity contribution in [3.05, 3.63) is 16.5 Å². The quantitative estimate of drug-likeness (QED) is 0.714. The molecule has 0 radical (unpaired) electrons. The van der Waals surface area contributed by atoms with Gasteiger partial charge in [0.05, 0.1) is 10.9 Å². The first kappa shape index (κ1) is 21.7. The highest BCUT2D eigenvalue weighted by atomic mass is 35.5. The zero-order chi connectivity index (χ0) is 16.9. The molecule has 1 aliphatic heterocycles. The van der Waals surface area contributed by atoms with Crippen molar-refractivity contribution in [2.24, 2.45) is 0 Å². The van der Waals surface area contributed by atoms with E-state index >= 15 is 0 Å². The first-order chi connectivity index (χ1) is 10.9. The van der Waals surface area contributed by atoms with Crippen LogP contribution in [0.4, 0.5) is 0 Å². The maximum Gasteiger partial charge on any atom is 0.250 e. The number of halogens is 2. The predicted molar refractivity (Wildman–Crippen MR) is 99.7 cm³/mol. The van der Waals surface area contributed by atoms with Crippen LogP contribution in [-0.2, 0) is 14.8 Å². The van der Waals surface area contributed by atoms with E-state index in [1.165, 1.54) is 12.1 Å². The molecule has 138 valence electrons. The van der Waals surface area contributed by atoms with Crippen LogP contribution in [0.3, 0.4) is 0 Å². The van der Waals surface area contributed by atoms with E-state index in [9.17, 15) is 13.2 Å². The van der Waals surface area contributed by atoms with Crippen LogP contribution >= 0.6 is 35.3 Å².